The zero-order valence-electron chi connectivity index (χ0n) is 10.2. The number of hydrogen-bond acceptors (Lipinski definition) is 6. The Bertz CT molecular complexity index is 656. The molecule has 7 nitrogen and oxygen atoms in total. The summed E-state index contributed by atoms with van der Waals surface area (Å²) < 4.78 is 6.25. The van der Waals surface area contributed by atoms with E-state index in [2.05, 4.69) is 10.1 Å². The third-order valence-corrected chi connectivity index (χ3v) is 2.38. The largest absolute Gasteiger partial charge is 0.462 e. The van der Waals surface area contributed by atoms with Gasteiger partial charge in [-0.05, 0) is 25.1 Å². The molecule has 1 aromatic heterocycles. The van der Waals surface area contributed by atoms with Crippen molar-refractivity contribution in [3.05, 3.63) is 35.9 Å². The predicted octanol–water partition coefficient (Wildman–Crippen LogP) is 0.898. The van der Waals surface area contributed by atoms with E-state index in [9.17, 15) is 4.79 Å². The van der Waals surface area contributed by atoms with E-state index in [1.54, 1.807) is 25.1 Å². The van der Waals surface area contributed by atoms with Crippen LogP contribution in [-0.2, 0) is 4.74 Å². The second-order valence-corrected chi connectivity index (χ2v) is 3.62. The van der Waals surface area contributed by atoms with Crippen molar-refractivity contribution in [2.24, 2.45) is 0 Å². The van der Waals surface area contributed by atoms with Crippen LogP contribution in [0.15, 0.2) is 24.5 Å². The summed E-state index contributed by atoms with van der Waals surface area (Å²) in [5.41, 5.74) is 7.07. The van der Waals surface area contributed by atoms with E-state index >= 15 is 0 Å². The Kier molecular flexibility index (Phi) is 3.43. The third kappa shape index (κ3) is 2.52. The second-order valence-electron chi connectivity index (χ2n) is 3.62. The van der Waals surface area contributed by atoms with Gasteiger partial charge in [-0.1, -0.05) is 0 Å². The van der Waals surface area contributed by atoms with Gasteiger partial charge in [0.05, 0.1) is 23.5 Å². The third-order valence-electron chi connectivity index (χ3n) is 2.38. The molecule has 0 aliphatic heterocycles. The van der Waals surface area contributed by atoms with E-state index in [1.807, 2.05) is 6.07 Å². The number of carbonyl (C=O) groups is 1. The van der Waals surface area contributed by atoms with E-state index in [4.69, 9.17) is 15.7 Å². The maximum atomic E-state index is 11.6. The van der Waals surface area contributed by atoms with Crippen LogP contribution in [0.4, 0.5) is 5.69 Å². The van der Waals surface area contributed by atoms with Crippen molar-refractivity contribution in [1.29, 1.82) is 5.26 Å². The minimum absolute atomic E-state index is 0.0286. The highest BCUT2D eigenvalue weighted by Gasteiger charge is 2.11. The lowest BCUT2D eigenvalue weighted by molar-refractivity contribution is 0.0526. The minimum atomic E-state index is -0.440. The van der Waals surface area contributed by atoms with Crippen LogP contribution in [0.5, 0.6) is 0 Å². The van der Waals surface area contributed by atoms with Gasteiger partial charge in [0.15, 0.2) is 0 Å². The summed E-state index contributed by atoms with van der Waals surface area (Å²) in [5.74, 6) is -0.412. The maximum absolute atomic E-state index is 11.6. The number of nitrogen functional groups attached to an aromatic ring is 1. The van der Waals surface area contributed by atoms with Gasteiger partial charge in [-0.15, -0.1) is 5.10 Å². The van der Waals surface area contributed by atoms with Gasteiger partial charge in [0, 0.05) is 0 Å². The molecule has 7 heteroatoms. The van der Waals surface area contributed by atoms with Crippen molar-refractivity contribution < 1.29 is 9.53 Å². The number of nitriles is 1. The van der Waals surface area contributed by atoms with Crippen molar-refractivity contribution in [1.82, 2.24) is 14.8 Å². The molecule has 2 aromatic rings. The summed E-state index contributed by atoms with van der Waals surface area (Å²) in [7, 11) is 0. The van der Waals surface area contributed by atoms with Crippen molar-refractivity contribution in [3.8, 4) is 11.8 Å². The summed E-state index contributed by atoms with van der Waals surface area (Å²) in [4.78, 5) is 15.4. The molecule has 1 aromatic carbocycles. The van der Waals surface area contributed by atoms with Gasteiger partial charge in [0.25, 0.3) is 5.82 Å². The fraction of sp³-hybridized carbons (Fsp3) is 0.167. The molecule has 0 aliphatic carbocycles. The zero-order valence-corrected chi connectivity index (χ0v) is 10.2. The van der Waals surface area contributed by atoms with Gasteiger partial charge in [0.1, 0.15) is 12.4 Å². The number of benzene rings is 1. The number of aromatic nitrogens is 3. The van der Waals surface area contributed by atoms with E-state index in [-0.39, 0.29) is 5.82 Å². The Morgan fingerprint density at radius 2 is 2.37 bits per heavy atom. The van der Waals surface area contributed by atoms with E-state index in [0.29, 0.717) is 23.5 Å². The van der Waals surface area contributed by atoms with E-state index in [0.717, 1.165) is 0 Å². The van der Waals surface area contributed by atoms with E-state index in [1.165, 1.54) is 11.0 Å². The number of nitrogens with two attached hydrogens (primary N) is 1. The van der Waals surface area contributed by atoms with Crippen molar-refractivity contribution in [2.45, 2.75) is 6.92 Å². The molecule has 0 atom stereocenters. The molecule has 0 spiro atoms. The van der Waals surface area contributed by atoms with Crippen LogP contribution < -0.4 is 5.73 Å². The Hall–Kier alpha value is -2.88. The number of anilines is 1. The molecule has 0 bridgehead atoms. The molecule has 19 heavy (non-hydrogen) atoms. The van der Waals surface area contributed by atoms with Gasteiger partial charge >= 0.3 is 5.97 Å². The van der Waals surface area contributed by atoms with E-state index < -0.39 is 5.97 Å². The van der Waals surface area contributed by atoms with Crippen LogP contribution in [0.3, 0.4) is 0 Å². The lowest BCUT2D eigenvalue weighted by atomic mass is 10.2. The number of ether oxygens (including phenoxy) is 1. The first-order valence-electron chi connectivity index (χ1n) is 5.54. The highest BCUT2D eigenvalue weighted by molar-refractivity contribution is 5.91. The lowest BCUT2D eigenvalue weighted by Crippen LogP contribution is -2.07. The normalized spacial score (nSPS) is 9.89. The van der Waals surface area contributed by atoms with Crippen LogP contribution in [0.25, 0.3) is 5.69 Å². The van der Waals surface area contributed by atoms with Crippen molar-refractivity contribution in [3.63, 3.8) is 0 Å². The quantitative estimate of drug-likeness (QED) is 0.646. The Morgan fingerprint density at radius 1 is 1.58 bits per heavy atom. The Balaban J connectivity index is 2.42. The fourth-order valence-electron chi connectivity index (χ4n) is 1.51. The second kappa shape index (κ2) is 5.18. The molecule has 96 valence electrons. The molecule has 2 N–H and O–H groups in total. The molecule has 0 fully saturated rings. The van der Waals surface area contributed by atoms with Crippen molar-refractivity contribution in [2.75, 3.05) is 12.3 Å². The molecule has 0 saturated carbocycles. The molecule has 0 radical (unpaired) electrons. The number of esters is 1. The number of carbonyl (C=O) groups excluding carboxylic acids is 1. The number of rotatable bonds is 3. The van der Waals surface area contributed by atoms with Gasteiger partial charge in [-0.3, -0.25) is 0 Å². The summed E-state index contributed by atoms with van der Waals surface area (Å²) in [6, 6.07) is 6.51. The van der Waals surface area contributed by atoms with Gasteiger partial charge in [-0.2, -0.15) is 5.26 Å². The van der Waals surface area contributed by atoms with Crippen LogP contribution in [0.1, 0.15) is 23.1 Å². The van der Waals surface area contributed by atoms with Gasteiger partial charge in [-0.25, -0.2) is 14.5 Å². The molecule has 2 rings (SSSR count). The zero-order chi connectivity index (χ0) is 13.8. The number of nitrogens with zero attached hydrogens (tertiary/aromatic N) is 4. The first-order valence-corrected chi connectivity index (χ1v) is 5.54. The monoisotopic (exact) mass is 257 g/mol. The number of hydrogen-bond donors (Lipinski definition) is 1. The molecular weight excluding hydrogens is 246 g/mol. The molecule has 0 unspecified atom stereocenters. The fourth-order valence-corrected chi connectivity index (χ4v) is 1.51. The average molecular weight is 257 g/mol. The molecule has 1 heterocycles. The van der Waals surface area contributed by atoms with Crippen LogP contribution >= 0.6 is 0 Å². The van der Waals surface area contributed by atoms with Gasteiger partial charge in [0.2, 0.25) is 0 Å². The first kappa shape index (κ1) is 12.6. The summed E-state index contributed by atoms with van der Waals surface area (Å²) in [6.07, 6.45) is 1.36. The molecular formula is C12H11N5O2. The molecule has 0 saturated heterocycles. The highest BCUT2D eigenvalue weighted by atomic mass is 16.5. The SMILES string of the molecule is CCOC(=O)c1ccc(N)c(-n2cnc(C#N)n2)c1. The maximum Gasteiger partial charge on any atom is 0.338 e. The Morgan fingerprint density at radius 3 is 3.00 bits per heavy atom. The summed E-state index contributed by atoms with van der Waals surface area (Å²) in [6.45, 7) is 2.02. The van der Waals surface area contributed by atoms with Crippen LogP contribution in [0.2, 0.25) is 0 Å². The molecule has 0 amide bonds. The summed E-state index contributed by atoms with van der Waals surface area (Å²) >= 11 is 0. The smallest absolute Gasteiger partial charge is 0.338 e. The minimum Gasteiger partial charge on any atom is -0.462 e. The van der Waals surface area contributed by atoms with Crippen molar-refractivity contribution >= 4 is 11.7 Å². The lowest BCUT2D eigenvalue weighted by Gasteiger charge is -2.07. The highest BCUT2D eigenvalue weighted by Crippen LogP contribution is 2.18. The Labute approximate surface area is 109 Å². The average Bonchev–Trinajstić information content (AvgIpc) is 2.88. The van der Waals surface area contributed by atoms with Gasteiger partial charge < -0.3 is 10.5 Å². The first-order chi connectivity index (χ1) is 9.15. The summed E-state index contributed by atoms with van der Waals surface area (Å²) in [5, 5.41) is 12.6. The van der Waals surface area contributed by atoms with Crippen LogP contribution in [0, 0.1) is 11.3 Å². The topological polar surface area (TPSA) is 107 Å². The van der Waals surface area contributed by atoms with Crippen LogP contribution in [-0.4, -0.2) is 27.3 Å². The standard InChI is InChI=1S/C12H11N5O2/c1-2-19-12(18)8-3-4-9(14)10(5-8)17-7-15-11(6-13)16-17/h3-5,7H,2,14H2,1H3. The predicted molar refractivity (Wildman–Crippen MR) is 66.4 cm³/mol. The molecule has 0 aliphatic rings.